The molecule has 20 heavy (non-hydrogen) atoms. The van der Waals surface area contributed by atoms with E-state index in [0.717, 1.165) is 12.0 Å². The SMILES string of the molecule is N#CCOc1ccccc1CNC1CCCS(=O)(=O)C1. The van der Waals surface area contributed by atoms with Gasteiger partial charge in [0.2, 0.25) is 0 Å². The molecular formula is C14H18N2O3S. The normalized spacial score (nSPS) is 21.1. The zero-order valence-electron chi connectivity index (χ0n) is 11.2. The summed E-state index contributed by atoms with van der Waals surface area (Å²) in [5, 5.41) is 11.8. The van der Waals surface area contributed by atoms with Crippen molar-refractivity contribution in [3.8, 4) is 11.8 Å². The van der Waals surface area contributed by atoms with Crippen LogP contribution in [0.3, 0.4) is 0 Å². The highest BCUT2D eigenvalue weighted by molar-refractivity contribution is 7.91. The van der Waals surface area contributed by atoms with E-state index in [4.69, 9.17) is 10.00 Å². The molecule has 0 spiro atoms. The number of nitrogens with one attached hydrogen (secondary N) is 1. The van der Waals surface area contributed by atoms with E-state index in [-0.39, 0.29) is 18.4 Å². The Labute approximate surface area is 119 Å². The van der Waals surface area contributed by atoms with Crippen LogP contribution in [0.25, 0.3) is 0 Å². The van der Waals surface area contributed by atoms with Crippen LogP contribution in [0.1, 0.15) is 18.4 Å². The molecule has 1 aliphatic heterocycles. The zero-order chi connectivity index (χ0) is 14.4. The molecule has 1 N–H and O–H groups in total. The van der Waals surface area contributed by atoms with Crippen LogP contribution in [0.2, 0.25) is 0 Å². The van der Waals surface area contributed by atoms with E-state index in [1.807, 2.05) is 30.3 Å². The first-order valence-electron chi connectivity index (χ1n) is 6.62. The van der Waals surface area contributed by atoms with E-state index in [9.17, 15) is 8.42 Å². The largest absolute Gasteiger partial charge is 0.478 e. The van der Waals surface area contributed by atoms with Gasteiger partial charge in [0.15, 0.2) is 16.4 Å². The minimum atomic E-state index is -2.90. The van der Waals surface area contributed by atoms with Gasteiger partial charge in [0, 0.05) is 18.2 Å². The summed E-state index contributed by atoms with van der Waals surface area (Å²) in [6.07, 6.45) is 1.59. The predicted molar refractivity (Wildman–Crippen MR) is 76.1 cm³/mol. The topological polar surface area (TPSA) is 79.2 Å². The lowest BCUT2D eigenvalue weighted by Crippen LogP contribution is -2.39. The fourth-order valence-electron chi connectivity index (χ4n) is 2.34. The van der Waals surface area contributed by atoms with Gasteiger partial charge >= 0.3 is 0 Å². The van der Waals surface area contributed by atoms with Crippen LogP contribution in [0.5, 0.6) is 5.75 Å². The Morgan fingerprint density at radius 2 is 2.20 bits per heavy atom. The third-order valence-electron chi connectivity index (χ3n) is 3.31. The van der Waals surface area contributed by atoms with E-state index in [1.54, 1.807) is 0 Å². The summed E-state index contributed by atoms with van der Waals surface area (Å²) in [7, 11) is -2.90. The monoisotopic (exact) mass is 294 g/mol. The van der Waals surface area contributed by atoms with Crippen molar-refractivity contribution in [1.82, 2.24) is 5.32 Å². The lowest BCUT2D eigenvalue weighted by Gasteiger charge is -2.23. The molecule has 0 radical (unpaired) electrons. The molecule has 108 valence electrons. The molecule has 6 heteroatoms. The van der Waals surface area contributed by atoms with Crippen molar-refractivity contribution >= 4 is 9.84 Å². The summed E-state index contributed by atoms with van der Waals surface area (Å²) in [5.74, 6) is 1.17. The van der Waals surface area contributed by atoms with Crippen LogP contribution in [-0.2, 0) is 16.4 Å². The van der Waals surface area contributed by atoms with Crippen LogP contribution < -0.4 is 10.1 Å². The number of sulfone groups is 1. The molecule has 5 nitrogen and oxygen atoms in total. The second-order valence-corrected chi connectivity index (χ2v) is 7.12. The minimum Gasteiger partial charge on any atom is -0.478 e. The van der Waals surface area contributed by atoms with Crippen molar-refractivity contribution < 1.29 is 13.2 Å². The molecule has 1 aromatic carbocycles. The van der Waals surface area contributed by atoms with E-state index in [2.05, 4.69) is 5.32 Å². The number of hydrogen-bond donors (Lipinski definition) is 1. The quantitative estimate of drug-likeness (QED) is 0.884. The van der Waals surface area contributed by atoms with E-state index in [0.29, 0.717) is 24.5 Å². The second-order valence-electron chi connectivity index (χ2n) is 4.89. The number of nitriles is 1. The van der Waals surface area contributed by atoms with Gasteiger partial charge in [-0.25, -0.2) is 8.42 Å². The molecule has 1 atom stereocenters. The molecule has 1 heterocycles. The van der Waals surface area contributed by atoms with Gasteiger partial charge in [-0.15, -0.1) is 0 Å². The Morgan fingerprint density at radius 1 is 1.40 bits per heavy atom. The fraction of sp³-hybridized carbons (Fsp3) is 0.500. The molecule has 1 saturated heterocycles. The number of nitrogens with zero attached hydrogens (tertiary/aromatic N) is 1. The summed E-state index contributed by atoms with van der Waals surface area (Å²) in [5.41, 5.74) is 0.936. The van der Waals surface area contributed by atoms with Crippen molar-refractivity contribution in [2.75, 3.05) is 18.1 Å². The Bertz CT molecular complexity index is 593. The summed E-state index contributed by atoms with van der Waals surface area (Å²) < 4.78 is 28.5. The first kappa shape index (κ1) is 14.8. The van der Waals surface area contributed by atoms with E-state index in [1.165, 1.54) is 0 Å². The van der Waals surface area contributed by atoms with Gasteiger partial charge in [-0.1, -0.05) is 18.2 Å². The lowest BCUT2D eigenvalue weighted by molar-refractivity contribution is 0.361. The standard InChI is InChI=1S/C14H18N2O3S/c15-7-8-19-14-6-2-1-4-12(14)10-16-13-5-3-9-20(17,18)11-13/h1-2,4,6,13,16H,3,5,8-11H2. The number of hydrogen-bond acceptors (Lipinski definition) is 5. The molecule has 1 fully saturated rings. The summed E-state index contributed by atoms with van der Waals surface area (Å²) >= 11 is 0. The van der Waals surface area contributed by atoms with Gasteiger partial charge < -0.3 is 10.1 Å². The highest BCUT2D eigenvalue weighted by atomic mass is 32.2. The third-order valence-corrected chi connectivity index (χ3v) is 5.13. The van der Waals surface area contributed by atoms with Crippen molar-refractivity contribution in [3.63, 3.8) is 0 Å². The van der Waals surface area contributed by atoms with Crippen LogP contribution in [0.4, 0.5) is 0 Å². The minimum absolute atomic E-state index is 0.00206. The van der Waals surface area contributed by atoms with Crippen molar-refractivity contribution in [1.29, 1.82) is 5.26 Å². The van der Waals surface area contributed by atoms with Crippen LogP contribution in [0, 0.1) is 11.3 Å². The van der Waals surface area contributed by atoms with Gasteiger partial charge in [-0.2, -0.15) is 5.26 Å². The summed E-state index contributed by atoms with van der Waals surface area (Å²) in [4.78, 5) is 0. The molecule has 0 amide bonds. The van der Waals surface area contributed by atoms with Crippen LogP contribution in [-0.4, -0.2) is 32.6 Å². The Hall–Kier alpha value is -1.58. The summed E-state index contributed by atoms with van der Waals surface area (Å²) in [6, 6.07) is 9.41. The first-order chi connectivity index (χ1) is 9.61. The highest BCUT2D eigenvalue weighted by Gasteiger charge is 2.24. The lowest BCUT2D eigenvalue weighted by atomic mass is 10.1. The molecular weight excluding hydrogens is 276 g/mol. The molecule has 1 unspecified atom stereocenters. The first-order valence-corrected chi connectivity index (χ1v) is 8.44. The number of para-hydroxylation sites is 1. The summed E-state index contributed by atoms with van der Waals surface area (Å²) in [6.45, 7) is 0.552. The van der Waals surface area contributed by atoms with Gasteiger partial charge in [-0.3, -0.25) is 0 Å². The Balaban J connectivity index is 1.95. The zero-order valence-corrected chi connectivity index (χ0v) is 12.0. The molecule has 1 aliphatic rings. The van der Waals surface area contributed by atoms with E-state index < -0.39 is 9.84 Å². The van der Waals surface area contributed by atoms with Gasteiger partial charge in [0.05, 0.1) is 11.5 Å². The second kappa shape index (κ2) is 6.73. The van der Waals surface area contributed by atoms with Crippen LogP contribution >= 0.6 is 0 Å². The molecule has 0 saturated carbocycles. The van der Waals surface area contributed by atoms with Gasteiger partial charge in [-0.05, 0) is 18.9 Å². The molecule has 0 bridgehead atoms. The Kier molecular flexibility index (Phi) is 4.99. The maximum atomic E-state index is 11.6. The maximum absolute atomic E-state index is 11.6. The number of rotatable bonds is 5. The van der Waals surface area contributed by atoms with Gasteiger partial charge in [0.25, 0.3) is 0 Å². The van der Waals surface area contributed by atoms with Crippen molar-refractivity contribution in [2.24, 2.45) is 0 Å². The fourth-order valence-corrected chi connectivity index (χ4v) is 4.01. The Morgan fingerprint density at radius 3 is 2.95 bits per heavy atom. The maximum Gasteiger partial charge on any atom is 0.174 e. The van der Waals surface area contributed by atoms with Crippen molar-refractivity contribution in [3.05, 3.63) is 29.8 Å². The number of benzene rings is 1. The number of ether oxygens (including phenoxy) is 1. The average molecular weight is 294 g/mol. The smallest absolute Gasteiger partial charge is 0.174 e. The third kappa shape index (κ3) is 4.22. The van der Waals surface area contributed by atoms with Crippen molar-refractivity contribution in [2.45, 2.75) is 25.4 Å². The molecule has 0 aromatic heterocycles. The average Bonchev–Trinajstić information content (AvgIpc) is 2.43. The molecule has 1 aromatic rings. The molecule has 0 aliphatic carbocycles. The predicted octanol–water partition coefficient (Wildman–Crippen LogP) is 1.26. The van der Waals surface area contributed by atoms with Gasteiger partial charge in [0.1, 0.15) is 11.8 Å². The van der Waals surface area contributed by atoms with Crippen LogP contribution in [0.15, 0.2) is 24.3 Å². The van der Waals surface area contributed by atoms with E-state index >= 15 is 0 Å². The highest BCUT2D eigenvalue weighted by Crippen LogP contribution is 2.19. The molecule has 2 rings (SSSR count).